The van der Waals surface area contributed by atoms with Crippen LogP contribution in [0.4, 0.5) is 0 Å². The number of imidazole rings is 1. The Morgan fingerprint density at radius 2 is 2.00 bits per heavy atom. The lowest BCUT2D eigenvalue weighted by atomic mass is 10.2. The number of hydrogen-bond acceptors (Lipinski definition) is 5. The number of rotatable bonds is 6. The van der Waals surface area contributed by atoms with Crippen LogP contribution in [0.25, 0.3) is 11.2 Å². The summed E-state index contributed by atoms with van der Waals surface area (Å²) in [5, 5.41) is 0.307. The average Bonchev–Trinajstić information content (AvgIpc) is 3.07. The van der Waals surface area contributed by atoms with Gasteiger partial charge >= 0.3 is 5.97 Å². The number of aromatic nitrogens is 4. The Balaban J connectivity index is 1.66. The maximum Gasteiger partial charge on any atom is 0.338 e. The van der Waals surface area contributed by atoms with Crippen LogP contribution in [0.5, 0.6) is 0 Å². The third-order valence-electron chi connectivity index (χ3n) is 3.50. The van der Waals surface area contributed by atoms with Crippen molar-refractivity contribution in [2.24, 2.45) is 0 Å². The Hall–Kier alpha value is -2.44. The SMILES string of the molecule is O=C(OC/C(=C/Cn1cnc2c(Cl)ncnc21)CCl)c1ccccc1. The molecule has 0 bridgehead atoms. The lowest BCUT2D eigenvalue weighted by Gasteiger charge is -2.07. The van der Waals surface area contributed by atoms with Crippen molar-refractivity contribution in [3.8, 4) is 0 Å². The Bertz CT molecular complexity index is 909. The van der Waals surface area contributed by atoms with Crippen molar-refractivity contribution in [1.29, 1.82) is 0 Å². The van der Waals surface area contributed by atoms with Gasteiger partial charge < -0.3 is 9.30 Å². The molecule has 0 aliphatic carbocycles. The van der Waals surface area contributed by atoms with Crippen molar-refractivity contribution in [1.82, 2.24) is 19.5 Å². The number of nitrogens with zero attached hydrogens (tertiary/aromatic N) is 4. The van der Waals surface area contributed by atoms with Crippen LogP contribution in [0.2, 0.25) is 5.15 Å². The quantitative estimate of drug-likeness (QED) is 0.285. The van der Waals surface area contributed by atoms with E-state index in [2.05, 4.69) is 15.0 Å². The van der Waals surface area contributed by atoms with E-state index in [4.69, 9.17) is 27.9 Å². The van der Waals surface area contributed by atoms with E-state index in [-0.39, 0.29) is 18.5 Å². The molecule has 0 saturated heterocycles. The van der Waals surface area contributed by atoms with Crippen molar-refractivity contribution in [3.63, 3.8) is 0 Å². The number of esters is 1. The fourth-order valence-electron chi connectivity index (χ4n) is 2.18. The Morgan fingerprint density at radius 1 is 1.20 bits per heavy atom. The van der Waals surface area contributed by atoms with Crippen molar-refractivity contribution in [2.75, 3.05) is 12.5 Å². The topological polar surface area (TPSA) is 69.9 Å². The molecule has 2 aromatic heterocycles. The molecule has 0 spiro atoms. The molecule has 0 N–H and O–H groups in total. The van der Waals surface area contributed by atoms with Gasteiger partial charge in [0.05, 0.1) is 11.9 Å². The first-order valence-electron chi connectivity index (χ1n) is 7.46. The average molecular weight is 377 g/mol. The summed E-state index contributed by atoms with van der Waals surface area (Å²) in [6.45, 7) is 0.606. The van der Waals surface area contributed by atoms with Gasteiger partial charge in [0.15, 0.2) is 10.8 Å². The minimum Gasteiger partial charge on any atom is -0.458 e. The molecular formula is C17H14Cl2N4O2. The summed E-state index contributed by atoms with van der Waals surface area (Å²) in [7, 11) is 0. The number of ether oxygens (including phenoxy) is 1. The molecule has 0 saturated carbocycles. The highest BCUT2D eigenvalue weighted by molar-refractivity contribution is 6.33. The lowest BCUT2D eigenvalue weighted by molar-refractivity contribution is 0.0540. The van der Waals surface area contributed by atoms with Gasteiger partial charge in [0.25, 0.3) is 0 Å². The van der Waals surface area contributed by atoms with Gasteiger partial charge in [-0.05, 0) is 17.7 Å². The zero-order valence-electron chi connectivity index (χ0n) is 13.1. The lowest BCUT2D eigenvalue weighted by Crippen LogP contribution is -2.09. The van der Waals surface area contributed by atoms with Crippen LogP contribution in [0.3, 0.4) is 0 Å². The maximum atomic E-state index is 12.0. The fourth-order valence-corrected chi connectivity index (χ4v) is 2.54. The molecule has 2 heterocycles. The van der Waals surface area contributed by atoms with Crippen molar-refractivity contribution in [3.05, 3.63) is 65.4 Å². The number of alkyl halides is 1. The van der Waals surface area contributed by atoms with Gasteiger partial charge in [-0.15, -0.1) is 11.6 Å². The molecule has 0 radical (unpaired) electrons. The van der Waals surface area contributed by atoms with Gasteiger partial charge in [0.2, 0.25) is 0 Å². The smallest absolute Gasteiger partial charge is 0.338 e. The van der Waals surface area contributed by atoms with Crippen LogP contribution in [-0.4, -0.2) is 38.0 Å². The highest BCUT2D eigenvalue weighted by Gasteiger charge is 2.09. The number of fused-ring (bicyclic) bond motifs is 1. The second-order valence-corrected chi connectivity index (χ2v) is 5.80. The van der Waals surface area contributed by atoms with Crippen molar-refractivity contribution >= 4 is 40.3 Å². The summed E-state index contributed by atoms with van der Waals surface area (Å²) >= 11 is 11.9. The van der Waals surface area contributed by atoms with Crippen LogP contribution >= 0.6 is 23.2 Å². The molecule has 3 aromatic rings. The fraction of sp³-hybridized carbons (Fsp3) is 0.176. The molecule has 3 rings (SSSR count). The molecule has 6 nitrogen and oxygen atoms in total. The summed E-state index contributed by atoms with van der Waals surface area (Å²) in [6.07, 6.45) is 4.89. The summed E-state index contributed by atoms with van der Waals surface area (Å²) in [5.41, 5.74) is 2.46. The number of benzene rings is 1. The monoisotopic (exact) mass is 376 g/mol. The highest BCUT2D eigenvalue weighted by atomic mass is 35.5. The maximum absolute atomic E-state index is 12.0. The normalized spacial score (nSPS) is 11.7. The van der Waals surface area contributed by atoms with Gasteiger partial charge in [-0.3, -0.25) is 0 Å². The van der Waals surface area contributed by atoms with E-state index < -0.39 is 0 Å². The van der Waals surface area contributed by atoms with Crippen LogP contribution < -0.4 is 0 Å². The van der Waals surface area contributed by atoms with Crippen LogP contribution in [0.1, 0.15) is 10.4 Å². The summed E-state index contributed by atoms with van der Waals surface area (Å²) < 4.78 is 7.11. The molecule has 0 fully saturated rings. The zero-order valence-corrected chi connectivity index (χ0v) is 14.6. The molecule has 0 atom stereocenters. The van der Waals surface area contributed by atoms with E-state index in [9.17, 15) is 4.79 Å². The van der Waals surface area contributed by atoms with Gasteiger partial charge in [0, 0.05) is 12.4 Å². The van der Waals surface area contributed by atoms with E-state index in [1.165, 1.54) is 6.33 Å². The molecule has 0 aliphatic heterocycles. The van der Waals surface area contributed by atoms with Crippen LogP contribution in [-0.2, 0) is 11.3 Å². The van der Waals surface area contributed by atoms with Gasteiger partial charge in [-0.2, -0.15) is 0 Å². The summed E-state index contributed by atoms with van der Waals surface area (Å²) in [6, 6.07) is 8.81. The minimum absolute atomic E-state index is 0.125. The number of carbonyl (C=O) groups excluding carboxylic acids is 1. The number of hydrogen-bond donors (Lipinski definition) is 0. The number of halogens is 2. The molecular weight excluding hydrogens is 363 g/mol. The van der Waals surface area contributed by atoms with Crippen molar-refractivity contribution < 1.29 is 9.53 Å². The molecule has 1 aromatic carbocycles. The van der Waals surface area contributed by atoms with Gasteiger partial charge in [-0.1, -0.05) is 35.9 Å². The zero-order chi connectivity index (χ0) is 17.6. The standard InChI is InChI=1S/C17H14Cl2N4O2/c18-8-12(9-25-17(24)13-4-2-1-3-5-13)6-7-23-11-22-14-15(19)20-10-21-16(14)23/h1-6,10-11H,7-9H2/b12-6+. The summed E-state index contributed by atoms with van der Waals surface area (Å²) in [5.74, 6) is -0.131. The largest absolute Gasteiger partial charge is 0.458 e. The predicted octanol–water partition coefficient (Wildman–Crippen LogP) is 3.50. The second-order valence-electron chi connectivity index (χ2n) is 5.17. The number of allylic oxidation sites excluding steroid dienone is 1. The van der Waals surface area contributed by atoms with Crippen molar-refractivity contribution in [2.45, 2.75) is 6.54 Å². The highest BCUT2D eigenvalue weighted by Crippen LogP contribution is 2.17. The molecule has 8 heteroatoms. The summed E-state index contributed by atoms with van der Waals surface area (Å²) in [4.78, 5) is 24.2. The van der Waals surface area contributed by atoms with Crippen LogP contribution in [0.15, 0.2) is 54.6 Å². The third kappa shape index (κ3) is 4.15. The Kier molecular flexibility index (Phi) is 5.63. The molecule has 0 unspecified atom stereocenters. The van der Waals surface area contributed by atoms with E-state index in [1.807, 2.05) is 16.7 Å². The molecule has 25 heavy (non-hydrogen) atoms. The molecule has 0 amide bonds. The van der Waals surface area contributed by atoms with E-state index in [0.29, 0.717) is 28.4 Å². The minimum atomic E-state index is -0.385. The molecule has 0 aliphatic rings. The van der Waals surface area contributed by atoms with Gasteiger partial charge in [0.1, 0.15) is 18.5 Å². The second kappa shape index (κ2) is 8.09. The molecule has 128 valence electrons. The first-order valence-corrected chi connectivity index (χ1v) is 8.37. The van der Waals surface area contributed by atoms with E-state index in [0.717, 1.165) is 5.57 Å². The Morgan fingerprint density at radius 3 is 2.76 bits per heavy atom. The first kappa shape index (κ1) is 17.4. The van der Waals surface area contributed by atoms with E-state index >= 15 is 0 Å². The predicted molar refractivity (Wildman–Crippen MR) is 95.9 cm³/mol. The Labute approximate surface area is 154 Å². The first-order chi connectivity index (χ1) is 12.2. The van der Waals surface area contributed by atoms with Crippen LogP contribution in [0, 0.1) is 0 Å². The third-order valence-corrected chi connectivity index (χ3v) is 4.12. The number of carbonyl (C=O) groups is 1. The van der Waals surface area contributed by atoms with Gasteiger partial charge in [-0.25, -0.2) is 19.7 Å². The van der Waals surface area contributed by atoms with E-state index in [1.54, 1.807) is 30.6 Å².